The minimum absolute atomic E-state index is 0.136. The maximum absolute atomic E-state index is 13.0. The van der Waals surface area contributed by atoms with Crippen molar-refractivity contribution in [2.45, 2.75) is 19.9 Å². The predicted octanol–water partition coefficient (Wildman–Crippen LogP) is 4.53. The summed E-state index contributed by atoms with van der Waals surface area (Å²) >= 11 is 1.24. The third-order valence-corrected chi connectivity index (χ3v) is 6.78. The highest BCUT2D eigenvalue weighted by Crippen LogP contribution is 2.38. The Labute approximate surface area is 206 Å². The summed E-state index contributed by atoms with van der Waals surface area (Å²) < 4.78 is 10.0. The van der Waals surface area contributed by atoms with E-state index in [2.05, 4.69) is 5.32 Å². The number of rotatable bonds is 6. The number of nitrogens with one attached hydrogen (secondary N) is 1. The van der Waals surface area contributed by atoms with Crippen LogP contribution >= 0.6 is 11.3 Å². The van der Waals surface area contributed by atoms with E-state index in [4.69, 9.17) is 9.47 Å². The van der Waals surface area contributed by atoms with E-state index in [9.17, 15) is 19.2 Å². The van der Waals surface area contributed by atoms with Crippen LogP contribution in [0.5, 0.6) is 0 Å². The van der Waals surface area contributed by atoms with Gasteiger partial charge in [0.25, 0.3) is 5.91 Å². The summed E-state index contributed by atoms with van der Waals surface area (Å²) in [6.07, 6.45) is 0.0308. The molecule has 0 atom stereocenters. The molecule has 1 aliphatic heterocycles. The minimum Gasteiger partial charge on any atom is -0.465 e. The van der Waals surface area contributed by atoms with Gasteiger partial charge in [-0.05, 0) is 31.0 Å². The number of ketones is 1. The van der Waals surface area contributed by atoms with Crippen LogP contribution in [-0.4, -0.2) is 48.9 Å². The molecule has 0 aliphatic carbocycles. The number of thiophene rings is 1. The lowest BCUT2D eigenvalue weighted by Gasteiger charge is -2.26. The quantitative estimate of drug-likeness (QED) is 0.401. The maximum Gasteiger partial charge on any atom is 0.410 e. The third-order valence-electron chi connectivity index (χ3n) is 5.64. The number of anilines is 1. The van der Waals surface area contributed by atoms with Gasteiger partial charge in [0.15, 0.2) is 5.78 Å². The molecule has 4 rings (SSSR count). The fraction of sp³-hybridized carbons (Fsp3) is 0.231. The van der Waals surface area contributed by atoms with Gasteiger partial charge < -0.3 is 19.7 Å². The standard InChI is InChI=1S/C26H24N2O6S/c1-3-34-26(32)28-14-13-19-20(15-28)35-24(21(19)25(31)33-2)27-23(30)18-11-9-17(10-12-18)22(29)16-7-5-4-6-8-16/h4-12H,3,13-15H2,1-2H3,(H,27,30). The highest BCUT2D eigenvalue weighted by molar-refractivity contribution is 7.17. The van der Waals surface area contributed by atoms with Crippen LogP contribution in [-0.2, 0) is 22.4 Å². The Morgan fingerprint density at radius 1 is 0.971 bits per heavy atom. The van der Waals surface area contributed by atoms with Crippen molar-refractivity contribution in [1.82, 2.24) is 4.90 Å². The Balaban J connectivity index is 1.55. The zero-order valence-electron chi connectivity index (χ0n) is 19.3. The zero-order chi connectivity index (χ0) is 24.9. The average Bonchev–Trinajstić information content (AvgIpc) is 3.25. The molecule has 9 heteroatoms. The van der Waals surface area contributed by atoms with Gasteiger partial charge in [-0.3, -0.25) is 9.59 Å². The average molecular weight is 493 g/mol. The van der Waals surface area contributed by atoms with Crippen molar-refractivity contribution in [2.24, 2.45) is 0 Å². The molecule has 0 saturated heterocycles. The van der Waals surface area contributed by atoms with Gasteiger partial charge in [-0.1, -0.05) is 42.5 Å². The molecule has 0 fully saturated rings. The van der Waals surface area contributed by atoms with Gasteiger partial charge in [-0.25, -0.2) is 9.59 Å². The first-order chi connectivity index (χ1) is 16.9. The molecule has 2 aromatic carbocycles. The number of carbonyl (C=O) groups is 4. The molecule has 0 spiro atoms. The number of nitrogens with zero attached hydrogens (tertiary/aromatic N) is 1. The number of carbonyl (C=O) groups excluding carboxylic acids is 4. The van der Waals surface area contributed by atoms with E-state index in [0.717, 1.165) is 10.4 Å². The molecule has 0 radical (unpaired) electrons. The molecule has 2 heterocycles. The van der Waals surface area contributed by atoms with Crippen molar-refractivity contribution < 1.29 is 28.7 Å². The molecule has 3 aromatic rings. The Hall–Kier alpha value is -3.98. The first-order valence-electron chi connectivity index (χ1n) is 11.1. The number of ether oxygens (including phenoxy) is 2. The van der Waals surface area contributed by atoms with E-state index >= 15 is 0 Å². The number of hydrogen-bond donors (Lipinski definition) is 1. The summed E-state index contributed by atoms with van der Waals surface area (Å²) in [4.78, 5) is 52.6. The molecule has 2 amide bonds. The van der Waals surface area contributed by atoms with Crippen molar-refractivity contribution in [3.8, 4) is 0 Å². The molecular weight excluding hydrogens is 468 g/mol. The van der Waals surface area contributed by atoms with E-state index in [-0.39, 0.29) is 18.9 Å². The van der Waals surface area contributed by atoms with Crippen LogP contribution in [0.25, 0.3) is 0 Å². The summed E-state index contributed by atoms with van der Waals surface area (Å²) in [5.41, 5.74) is 2.44. The number of amides is 2. The van der Waals surface area contributed by atoms with Crippen LogP contribution in [0.2, 0.25) is 0 Å². The lowest BCUT2D eigenvalue weighted by atomic mass is 10.0. The number of benzene rings is 2. The number of esters is 1. The highest BCUT2D eigenvalue weighted by Gasteiger charge is 2.31. The van der Waals surface area contributed by atoms with Gasteiger partial charge in [0.2, 0.25) is 0 Å². The second kappa shape index (κ2) is 10.5. The van der Waals surface area contributed by atoms with Crippen LogP contribution < -0.4 is 5.32 Å². The zero-order valence-corrected chi connectivity index (χ0v) is 20.1. The third kappa shape index (κ3) is 5.09. The van der Waals surface area contributed by atoms with E-state index in [0.29, 0.717) is 40.2 Å². The Morgan fingerprint density at radius 2 is 1.63 bits per heavy atom. The van der Waals surface area contributed by atoms with E-state index in [1.165, 1.54) is 18.4 Å². The number of hydrogen-bond acceptors (Lipinski definition) is 7. The van der Waals surface area contributed by atoms with Crippen molar-refractivity contribution in [3.05, 3.63) is 87.3 Å². The van der Waals surface area contributed by atoms with Crippen LogP contribution in [0.1, 0.15) is 54.0 Å². The summed E-state index contributed by atoms with van der Waals surface area (Å²) in [6, 6.07) is 15.2. The fourth-order valence-corrected chi connectivity index (χ4v) is 5.13. The van der Waals surface area contributed by atoms with Gasteiger partial charge in [-0.15, -0.1) is 11.3 Å². The lowest BCUT2D eigenvalue weighted by molar-refractivity contribution is 0.0600. The molecule has 35 heavy (non-hydrogen) atoms. The van der Waals surface area contributed by atoms with Crippen molar-refractivity contribution in [3.63, 3.8) is 0 Å². The monoisotopic (exact) mass is 492 g/mol. The highest BCUT2D eigenvalue weighted by atomic mass is 32.1. The van der Waals surface area contributed by atoms with E-state index < -0.39 is 18.0 Å². The van der Waals surface area contributed by atoms with Gasteiger partial charge in [0, 0.05) is 28.1 Å². The molecule has 1 aliphatic rings. The molecule has 0 saturated carbocycles. The normalized spacial score (nSPS) is 12.5. The fourth-order valence-electron chi connectivity index (χ4n) is 3.88. The minimum atomic E-state index is -0.550. The summed E-state index contributed by atoms with van der Waals surface area (Å²) in [5, 5.41) is 3.17. The van der Waals surface area contributed by atoms with Crippen LogP contribution in [0.4, 0.5) is 9.80 Å². The van der Waals surface area contributed by atoms with E-state index in [1.54, 1.807) is 60.4 Å². The molecule has 180 valence electrons. The summed E-state index contributed by atoms with van der Waals surface area (Å²) in [5.74, 6) is -1.11. The molecule has 8 nitrogen and oxygen atoms in total. The SMILES string of the molecule is CCOC(=O)N1CCc2c(sc(NC(=O)c3ccc(C(=O)c4ccccc4)cc3)c2C(=O)OC)C1. The van der Waals surface area contributed by atoms with Crippen molar-refractivity contribution >= 4 is 40.1 Å². The smallest absolute Gasteiger partial charge is 0.410 e. The number of methoxy groups -OCH3 is 1. The Morgan fingerprint density at radius 3 is 2.29 bits per heavy atom. The Kier molecular flexibility index (Phi) is 7.26. The van der Waals surface area contributed by atoms with Crippen LogP contribution in [0.3, 0.4) is 0 Å². The molecule has 1 N–H and O–H groups in total. The maximum atomic E-state index is 13.0. The Bertz CT molecular complexity index is 1270. The summed E-state index contributed by atoms with van der Waals surface area (Å²) in [7, 11) is 1.29. The topological polar surface area (TPSA) is 102 Å². The van der Waals surface area contributed by atoms with Crippen LogP contribution in [0, 0.1) is 0 Å². The number of fused-ring (bicyclic) bond motifs is 1. The van der Waals surface area contributed by atoms with Crippen LogP contribution in [0.15, 0.2) is 54.6 Å². The van der Waals surface area contributed by atoms with Gasteiger partial charge in [0.05, 0.1) is 25.8 Å². The molecule has 1 aromatic heterocycles. The van der Waals surface area contributed by atoms with Crippen molar-refractivity contribution in [1.29, 1.82) is 0 Å². The molecule has 0 bridgehead atoms. The molecular formula is C26H24N2O6S. The van der Waals surface area contributed by atoms with Gasteiger partial charge in [-0.2, -0.15) is 0 Å². The van der Waals surface area contributed by atoms with Crippen molar-refractivity contribution in [2.75, 3.05) is 25.6 Å². The largest absolute Gasteiger partial charge is 0.465 e. The first-order valence-corrected chi connectivity index (χ1v) is 11.9. The van der Waals surface area contributed by atoms with E-state index in [1.807, 2.05) is 6.07 Å². The predicted molar refractivity (Wildman–Crippen MR) is 131 cm³/mol. The van der Waals surface area contributed by atoms with Gasteiger partial charge in [0.1, 0.15) is 5.00 Å². The second-order valence-corrected chi connectivity index (χ2v) is 8.90. The van der Waals surface area contributed by atoms with Gasteiger partial charge >= 0.3 is 12.1 Å². The second-order valence-electron chi connectivity index (χ2n) is 7.80. The molecule has 0 unspecified atom stereocenters. The lowest BCUT2D eigenvalue weighted by Crippen LogP contribution is -2.36. The summed E-state index contributed by atoms with van der Waals surface area (Å²) in [6.45, 7) is 2.70. The first kappa shape index (κ1) is 24.2.